The summed E-state index contributed by atoms with van der Waals surface area (Å²) in [5.41, 5.74) is 14.1. The summed E-state index contributed by atoms with van der Waals surface area (Å²) in [4.78, 5) is 9.22. The molecule has 0 aliphatic carbocycles. The van der Waals surface area contributed by atoms with Gasteiger partial charge in [0.2, 0.25) is 0 Å². The van der Waals surface area contributed by atoms with Gasteiger partial charge < -0.3 is 9.80 Å². The first-order valence-electron chi connectivity index (χ1n) is 29.8. The lowest BCUT2D eigenvalue weighted by Gasteiger charge is -2.31. The van der Waals surface area contributed by atoms with Crippen LogP contribution in [0.1, 0.15) is 80.3 Å². The number of hydrogen-bond acceptors (Lipinski definition) is 3. The highest BCUT2D eigenvalue weighted by molar-refractivity contribution is 6.09. The maximum atomic E-state index is 9.25. The van der Waals surface area contributed by atoms with Crippen molar-refractivity contribution < 1.29 is 13.7 Å². The second kappa shape index (κ2) is 18.0. The number of nitrogens with zero attached hydrogens (tertiary/aromatic N) is 4. The lowest BCUT2D eigenvalue weighted by atomic mass is 9.76. The highest BCUT2D eigenvalue weighted by Crippen LogP contribution is 2.51. The number of benzene rings is 9. The molecule has 0 N–H and O–H groups in total. The summed E-state index contributed by atoms with van der Waals surface area (Å²) < 4.78 is 91.3. The lowest BCUT2D eigenvalue weighted by Crippen LogP contribution is -2.26. The van der Waals surface area contributed by atoms with Crippen LogP contribution in [-0.2, 0) is 10.8 Å². The summed E-state index contributed by atoms with van der Waals surface area (Å²) in [5.74, 6) is 0.822. The molecule has 3 heterocycles. The summed E-state index contributed by atoms with van der Waals surface area (Å²) in [7, 11) is 0. The van der Waals surface area contributed by atoms with Gasteiger partial charge in [-0.3, -0.25) is 4.57 Å². The minimum absolute atomic E-state index is 0.0805. The van der Waals surface area contributed by atoms with Crippen molar-refractivity contribution in [2.75, 3.05) is 16.5 Å². The number of hydrogen-bond donors (Lipinski definition) is 0. The summed E-state index contributed by atoms with van der Waals surface area (Å²) >= 11 is 0. The van der Waals surface area contributed by atoms with Crippen LogP contribution in [0.15, 0.2) is 224 Å². The molecule has 356 valence electrons. The number of para-hydroxylation sites is 4. The van der Waals surface area contributed by atoms with Gasteiger partial charge >= 0.3 is 0 Å². The molecule has 0 saturated heterocycles. The third kappa shape index (κ3) is 7.90. The Morgan fingerprint density at radius 1 is 0.466 bits per heavy atom. The van der Waals surface area contributed by atoms with E-state index in [0.717, 1.165) is 83.5 Å². The molecule has 0 saturated carbocycles. The van der Waals surface area contributed by atoms with Crippen molar-refractivity contribution in [3.63, 3.8) is 0 Å². The Kier molecular flexibility index (Phi) is 8.77. The van der Waals surface area contributed by atoms with E-state index in [-0.39, 0.29) is 34.3 Å². The number of anilines is 4. The van der Waals surface area contributed by atoms with Crippen LogP contribution >= 0.6 is 0 Å². The van der Waals surface area contributed by atoms with Crippen LogP contribution in [-0.4, -0.2) is 16.2 Å². The van der Waals surface area contributed by atoms with Crippen LogP contribution in [0.3, 0.4) is 0 Å². The van der Waals surface area contributed by atoms with E-state index in [4.69, 9.17) is 13.2 Å². The standard InChI is InChI=1S/C69H60N4/c1-46-38-47(2)66(48(3)39-46)51-40-55(42-56(41-51)71-45-72(63-33-20-19-32-62(63)71)67-57(49-22-11-8-12-23-49)29-21-30-58(67)50-24-13-9-14-25-50)69(6,7)53-34-35-60-59-28-17-18-31-61(59)73(64(60)43-53)65-44-54(36-37-70-65)68(4,5)52-26-15-10-16-27-52/h8-44H,45H2,1-7H3/i8D,9D,11D,12D,13D,14D,22D,23D,24D,25D. The van der Waals surface area contributed by atoms with Crippen LogP contribution in [0.25, 0.3) is 61.0 Å². The fourth-order valence-electron chi connectivity index (χ4n) is 11.3. The van der Waals surface area contributed by atoms with Gasteiger partial charge in [-0.1, -0.05) is 203 Å². The van der Waals surface area contributed by atoms with E-state index in [1.54, 1.807) is 18.2 Å². The molecule has 0 amide bonds. The predicted molar refractivity (Wildman–Crippen MR) is 308 cm³/mol. The number of fused-ring (bicyclic) bond motifs is 4. The summed E-state index contributed by atoms with van der Waals surface area (Å²) in [5, 5.41) is 2.23. The molecule has 11 aromatic rings. The Hall–Kier alpha value is -8.47. The first kappa shape index (κ1) is 35.6. The van der Waals surface area contributed by atoms with Gasteiger partial charge in [-0.25, -0.2) is 4.98 Å². The minimum Gasteiger partial charge on any atom is -0.321 e. The molecule has 73 heavy (non-hydrogen) atoms. The van der Waals surface area contributed by atoms with E-state index in [0.29, 0.717) is 11.4 Å². The summed E-state index contributed by atoms with van der Waals surface area (Å²) in [6.45, 7) is 15.5. The van der Waals surface area contributed by atoms with Crippen molar-refractivity contribution in [3.05, 3.63) is 263 Å². The zero-order chi connectivity index (χ0) is 58.7. The van der Waals surface area contributed by atoms with Crippen molar-refractivity contribution in [3.8, 4) is 39.2 Å². The number of rotatable bonds is 10. The molecule has 0 atom stereocenters. The van der Waals surface area contributed by atoms with E-state index in [2.05, 4.69) is 167 Å². The monoisotopic (exact) mass is 955 g/mol. The molecule has 1 aliphatic heterocycles. The predicted octanol–water partition coefficient (Wildman–Crippen LogP) is 18.0. The molecule has 0 radical (unpaired) electrons. The fraction of sp³-hybridized carbons (Fsp3) is 0.145. The van der Waals surface area contributed by atoms with Gasteiger partial charge in [0.25, 0.3) is 0 Å². The van der Waals surface area contributed by atoms with Gasteiger partial charge in [0, 0.05) is 44.6 Å². The first-order valence-corrected chi connectivity index (χ1v) is 24.8. The SMILES string of the molecule is [2H]c1c([2H])c([2H])c(-c2cccc(-c3c([2H])c([2H])c([2H])c([2H])c3[2H])c2N2CN(c3cc(-c4c(C)cc(C)cc4C)cc(C(C)(C)c4ccc5c6ccccc6n(-c6cc(C(C)(C)c7ccccc7)ccn6)c5c4)c3)c3ccccc32)c([2H])c1[2H]. The molecule has 0 bridgehead atoms. The molecule has 4 heteroatoms. The largest absolute Gasteiger partial charge is 0.321 e. The molecule has 4 nitrogen and oxygen atoms in total. The average molecular weight is 955 g/mol. The maximum absolute atomic E-state index is 9.25. The number of pyridine rings is 1. The van der Waals surface area contributed by atoms with Crippen molar-refractivity contribution in [1.82, 2.24) is 9.55 Å². The molecule has 0 unspecified atom stereocenters. The Bertz CT molecular complexity index is 4320. The van der Waals surface area contributed by atoms with Crippen molar-refractivity contribution in [1.29, 1.82) is 0 Å². The Balaban J connectivity index is 1.06. The summed E-state index contributed by atoms with van der Waals surface area (Å²) in [6, 6.07) is 49.2. The Morgan fingerprint density at radius 2 is 1.05 bits per heavy atom. The van der Waals surface area contributed by atoms with Crippen LogP contribution in [0, 0.1) is 20.8 Å². The first-order chi connectivity index (χ1) is 39.6. The quantitative estimate of drug-likeness (QED) is 0.137. The van der Waals surface area contributed by atoms with E-state index in [9.17, 15) is 5.48 Å². The van der Waals surface area contributed by atoms with Gasteiger partial charge in [-0.15, -0.1) is 0 Å². The number of aryl methyl sites for hydroxylation is 3. The van der Waals surface area contributed by atoms with Crippen molar-refractivity contribution in [2.24, 2.45) is 0 Å². The normalized spacial score (nSPS) is 14.7. The smallest absolute Gasteiger partial charge is 0.137 e. The molecule has 12 rings (SSSR count). The highest BCUT2D eigenvalue weighted by Gasteiger charge is 2.34. The second-order valence-corrected chi connectivity index (χ2v) is 20.3. The zero-order valence-corrected chi connectivity index (χ0v) is 42.1. The van der Waals surface area contributed by atoms with Gasteiger partial charge in [-0.2, -0.15) is 0 Å². The van der Waals surface area contributed by atoms with E-state index >= 15 is 0 Å². The van der Waals surface area contributed by atoms with Gasteiger partial charge in [0.1, 0.15) is 12.5 Å². The molecule has 9 aromatic carbocycles. The van der Waals surface area contributed by atoms with E-state index in [1.807, 2.05) is 41.4 Å². The Labute approximate surface area is 444 Å². The third-order valence-corrected chi connectivity index (χ3v) is 15.1. The van der Waals surface area contributed by atoms with Crippen molar-refractivity contribution >= 4 is 44.6 Å². The molecular weight excluding hydrogens is 885 g/mol. The highest BCUT2D eigenvalue weighted by atomic mass is 15.4. The lowest BCUT2D eigenvalue weighted by molar-refractivity contribution is 0.638. The van der Waals surface area contributed by atoms with Crippen molar-refractivity contribution in [2.45, 2.75) is 59.3 Å². The van der Waals surface area contributed by atoms with Crippen LogP contribution < -0.4 is 9.80 Å². The van der Waals surface area contributed by atoms with Crippen LogP contribution in [0.2, 0.25) is 0 Å². The second-order valence-electron chi connectivity index (χ2n) is 20.3. The minimum atomic E-state index is -0.627. The van der Waals surface area contributed by atoms with Gasteiger partial charge in [-0.05, 0) is 125 Å². The van der Waals surface area contributed by atoms with Crippen LogP contribution in [0.4, 0.5) is 22.7 Å². The number of aromatic nitrogens is 2. The molecular formula is C69H60N4. The third-order valence-electron chi connectivity index (χ3n) is 15.1. The average Bonchev–Trinajstić information content (AvgIpc) is 2.98. The molecule has 1 aliphatic rings. The fourth-order valence-corrected chi connectivity index (χ4v) is 11.3. The Morgan fingerprint density at radius 3 is 1.74 bits per heavy atom. The molecule has 0 fully saturated rings. The maximum Gasteiger partial charge on any atom is 0.137 e. The topological polar surface area (TPSA) is 24.3 Å². The van der Waals surface area contributed by atoms with Crippen LogP contribution in [0.5, 0.6) is 0 Å². The van der Waals surface area contributed by atoms with E-state index < -0.39 is 65.8 Å². The van der Waals surface area contributed by atoms with E-state index in [1.165, 1.54) is 5.56 Å². The van der Waals surface area contributed by atoms with Gasteiger partial charge in [0.05, 0.1) is 41.8 Å². The van der Waals surface area contributed by atoms with Gasteiger partial charge in [0.15, 0.2) is 0 Å². The zero-order valence-electron chi connectivity index (χ0n) is 52.1. The summed E-state index contributed by atoms with van der Waals surface area (Å²) in [6.07, 6.45) is 1.91. The molecule has 0 spiro atoms. The molecule has 2 aromatic heterocycles.